The molecule has 4 heteroatoms. The predicted molar refractivity (Wildman–Crippen MR) is 82.5 cm³/mol. The number of aryl methyl sites for hydroxylation is 1. The van der Waals surface area contributed by atoms with E-state index in [1.807, 2.05) is 6.92 Å². The molecule has 0 atom stereocenters. The summed E-state index contributed by atoms with van der Waals surface area (Å²) in [4.78, 5) is 11.1. The van der Waals surface area contributed by atoms with Crippen molar-refractivity contribution in [1.82, 2.24) is 0 Å². The third-order valence-electron chi connectivity index (χ3n) is 2.85. The van der Waals surface area contributed by atoms with Gasteiger partial charge in [0.05, 0.1) is 6.61 Å². The number of unbranched alkanes of at least 4 members (excludes halogenated alkanes) is 2. The normalized spacial score (nSPS) is 10.3. The molecule has 1 N–H and O–H groups in total. The van der Waals surface area contributed by atoms with Crippen LogP contribution in [0.5, 0.6) is 0 Å². The highest BCUT2D eigenvalue weighted by atomic mass is 79.9. The highest BCUT2D eigenvalue weighted by Crippen LogP contribution is 2.19. The average Bonchev–Trinajstić information content (AvgIpc) is 2.38. The minimum absolute atomic E-state index is 0.0843. The predicted octanol–water partition coefficient (Wildman–Crippen LogP) is 4.29. The minimum Gasteiger partial charge on any atom is -0.466 e. The lowest BCUT2D eigenvalue weighted by Crippen LogP contribution is -2.05. The largest absolute Gasteiger partial charge is 0.466 e. The van der Waals surface area contributed by atoms with E-state index in [-0.39, 0.29) is 5.97 Å². The molecule has 106 valence electrons. The molecule has 0 unspecified atom stereocenters. The molecule has 0 spiro atoms. The Morgan fingerprint density at radius 1 is 1.32 bits per heavy atom. The van der Waals surface area contributed by atoms with Crippen molar-refractivity contribution in [3.05, 3.63) is 28.2 Å². The summed E-state index contributed by atoms with van der Waals surface area (Å²) in [6.07, 6.45) is 3.54. The smallest absolute Gasteiger partial charge is 0.305 e. The number of carbonyl (C=O) groups is 1. The zero-order chi connectivity index (χ0) is 14.1. The molecule has 1 rings (SSSR count). The van der Waals surface area contributed by atoms with Gasteiger partial charge in [-0.25, -0.2) is 0 Å². The molecule has 3 nitrogen and oxygen atoms in total. The summed E-state index contributed by atoms with van der Waals surface area (Å²) in [6.45, 7) is 5.32. The maximum atomic E-state index is 11.1. The highest BCUT2D eigenvalue weighted by molar-refractivity contribution is 9.10. The van der Waals surface area contributed by atoms with Crippen LogP contribution >= 0.6 is 15.9 Å². The summed E-state index contributed by atoms with van der Waals surface area (Å²) in [5, 5.41) is 3.39. The lowest BCUT2D eigenvalue weighted by atomic mass is 10.2. The number of hydrogen-bond donors (Lipinski definition) is 1. The molecule has 1 aromatic rings. The van der Waals surface area contributed by atoms with Gasteiger partial charge in [0.2, 0.25) is 0 Å². The Labute approximate surface area is 123 Å². The summed E-state index contributed by atoms with van der Waals surface area (Å²) in [5.74, 6) is -0.0843. The molecule has 1 aromatic carbocycles. The number of hydrogen-bond acceptors (Lipinski definition) is 3. The number of ether oxygens (including phenoxy) is 1. The van der Waals surface area contributed by atoms with E-state index in [9.17, 15) is 4.79 Å². The Morgan fingerprint density at radius 2 is 2.11 bits per heavy atom. The van der Waals surface area contributed by atoms with Crippen molar-refractivity contribution in [1.29, 1.82) is 0 Å². The fourth-order valence-electron chi connectivity index (χ4n) is 1.79. The van der Waals surface area contributed by atoms with Crippen LogP contribution in [0, 0.1) is 6.92 Å². The molecule has 0 aliphatic rings. The van der Waals surface area contributed by atoms with Gasteiger partial charge in [-0.1, -0.05) is 22.4 Å². The zero-order valence-corrected chi connectivity index (χ0v) is 13.3. The molecule has 0 saturated heterocycles. The van der Waals surface area contributed by atoms with E-state index in [4.69, 9.17) is 4.74 Å². The first-order chi connectivity index (χ1) is 9.13. The van der Waals surface area contributed by atoms with Crippen LogP contribution in [0.4, 0.5) is 5.69 Å². The van der Waals surface area contributed by atoms with Gasteiger partial charge in [-0.15, -0.1) is 0 Å². The number of halogens is 1. The van der Waals surface area contributed by atoms with Crippen LogP contribution in [0.1, 0.15) is 38.2 Å². The third kappa shape index (κ3) is 6.62. The van der Waals surface area contributed by atoms with Gasteiger partial charge in [-0.3, -0.25) is 4.79 Å². The Bertz CT molecular complexity index is 407. The van der Waals surface area contributed by atoms with Crippen LogP contribution < -0.4 is 5.32 Å². The summed E-state index contributed by atoms with van der Waals surface area (Å²) in [7, 11) is 0. The SMILES string of the molecule is CCOC(=O)CCCCCNc1ccc(Br)c(C)c1. The number of rotatable bonds is 8. The van der Waals surface area contributed by atoms with E-state index < -0.39 is 0 Å². The summed E-state index contributed by atoms with van der Waals surface area (Å²) in [6, 6.07) is 6.25. The molecule has 0 radical (unpaired) electrons. The van der Waals surface area contributed by atoms with Crippen molar-refractivity contribution in [2.75, 3.05) is 18.5 Å². The number of nitrogens with one attached hydrogen (secondary N) is 1. The fraction of sp³-hybridized carbons (Fsp3) is 0.533. The maximum Gasteiger partial charge on any atom is 0.305 e. The van der Waals surface area contributed by atoms with Gasteiger partial charge in [-0.05, 0) is 50.5 Å². The lowest BCUT2D eigenvalue weighted by Gasteiger charge is -2.08. The molecule has 0 bridgehead atoms. The molecule has 0 amide bonds. The van der Waals surface area contributed by atoms with Crippen molar-refractivity contribution in [3.63, 3.8) is 0 Å². The van der Waals surface area contributed by atoms with E-state index in [0.717, 1.165) is 36.0 Å². The van der Waals surface area contributed by atoms with Gasteiger partial charge in [-0.2, -0.15) is 0 Å². The van der Waals surface area contributed by atoms with Crippen LogP contribution in [0.3, 0.4) is 0 Å². The van der Waals surface area contributed by atoms with E-state index in [1.165, 1.54) is 5.56 Å². The number of benzene rings is 1. The second kappa shape index (κ2) is 8.97. The van der Waals surface area contributed by atoms with Crippen molar-refractivity contribution < 1.29 is 9.53 Å². The maximum absolute atomic E-state index is 11.1. The van der Waals surface area contributed by atoms with E-state index in [0.29, 0.717) is 13.0 Å². The van der Waals surface area contributed by atoms with Gasteiger partial charge >= 0.3 is 5.97 Å². The van der Waals surface area contributed by atoms with Crippen LogP contribution in [0.15, 0.2) is 22.7 Å². The van der Waals surface area contributed by atoms with Crippen LogP contribution in [0.25, 0.3) is 0 Å². The Kier molecular flexibility index (Phi) is 7.56. The highest BCUT2D eigenvalue weighted by Gasteiger charge is 2.01. The first kappa shape index (κ1) is 16.0. The number of anilines is 1. The van der Waals surface area contributed by atoms with E-state index in [1.54, 1.807) is 0 Å². The quantitative estimate of drug-likeness (QED) is 0.571. The molecule has 0 aliphatic heterocycles. The molecule has 0 fully saturated rings. The summed E-state index contributed by atoms with van der Waals surface area (Å²) >= 11 is 3.49. The van der Waals surface area contributed by atoms with Crippen molar-refractivity contribution in [2.45, 2.75) is 39.5 Å². The Hall–Kier alpha value is -1.03. The Morgan fingerprint density at radius 3 is 2.79 bits per heavy atom. The van der Waals surface area contributed by atoms with Gasteiger partial charge in [0.25, 0.3) is 0 Å². The van der Waals surface area contributed by atoms with Crippen LogP contribution in [-0.2, 0) is 9.53 Å². The Balaban J connectivity index is 2.10. The number of carbonyl (C=O) groups excluding carboxylic acids is 1. The first-order valence-electron chi connectivity index (χ1n) is 6.79. The lowest BCUT2D eigenvalue weighted by molar-refractivity contribution is -0.143. The molecule has 0 aromatic heterocycles. The van der Waals surface area contributed by atoms with Crippen LogP contribution in [0.2, 0.25) is 0 Å². The summed E-state index contributed by atoms with van der Waals surface area (Å²) < 4.78 is 6.02. The molecule has 0 aliphatic carbocycles. The summed E-state index contributed by atoms with van der Waals surface area (Å²) in [5.41, 5.74) is 2.37. The monoisotopic (exact) mass is 327 g/mol. The third-order valence-corrected chi connectivity index (χ3v) is 3.74. The van der Waals surface area contributed by atoms with E-state index in [2.05, 4.69) is 46.4 Å². The van der Waals surface area contributed by atoms with Crippen molar-refractivity contribution in [2.24, 2.45) is 0 Å². The van der Waals surface area contributed by atoms with Gasteiger partial charge in [0.1, 0.15) is 0 Å². The molecule has 19 heavy (non-hydrogen) atoms. The van der Waals surface area contributed by atoms with Crippen molar-refractivity contribution >= 4 is 27.6 Å². The first-order valence-corrected chi connectivity index (χ1v) is 7.58. The van der Waals surface area contributed by atoms with Crippen LogP contribution in [-0.4, -0.2) is 19.1 Å². The molecular formula is C15H22BrNO2. The van der Waals surface area contributed by atoms with Crippen molar-refractivity contribution in [3.8, 4) is 0 Å². The fourth-order valence-corrected chi connectivity index (χ4v) is 2.04. The average molecular weight is 328 g/mol. The minimum atomic E-state index is -0.0843. The zero-order valence-electron chi connectivity index (χ0n) is 11.7. The molecule has 0 heterocycles. The van der Waals surface area contributed by atoms with Gasteiger partial charge in [0.15, 0.2) is 0 Å². The molecule has 0 saturated carbocycles. The van der Waals surface area contributed by atoms with Gasteiger partial charge in [0, 0.05) is 23.1 Å². The topological polar surface area (TPSA) is 38.3 Å². The standard InChI is InChI=1S/C15H22BrNO2/c1-3-19-15(18)7-5-4-6-10-17-13-8-9-14(16)12(2)11-13/h8-9,11,17H,3-7,10H2,1-2H3. The second-order valence-corrected chi connectivity index (χ2v) is 5.36. The number of esters is 1. The second-order valence-electron chi connectivity index (χ2n) is 4.51. The molecular weight excluding hydrogens is 306 g/mol. The van der Waals surface area contributed by atoms with Gasteiger partial charge < -0.3 is 10.1 Å². The van der Waals surface area contributed by atoms with E-state index >= 15 is 0 Å².